The van der Waals surface area contributed by atoms with Crippen LogP contribution in [0.4, 0.5) is 45.5 Å². The molecular weight excluding hydrogens is 1220 g/mol. The lowest BCUT2D eigenvalue weighted by atomic mass is 10.1. The SMILES string of the molecule is COc1cc2c(cc1S(=O)(=O)O)nc1c(C#N)c(C)c(N=Nc3cc(C)c(N=Nc4cc(C)c(N=Nc5cc(C)c(N=Nc6ccc(Cl)cc6)cc5SCCCS(=O)(=O)O)cc4SCCCS(=O)(=O)O)cc3OCCCS(=O)(=O)O)c(O)n12. The van der Waals surface area contributed by atoms with Crippen LogP contribution in [0.1, 0.15) is 47.1 Å². The smallest absolute Gasteiger partial charge is 0.298 e. The number of methoxy groups -OCH3 is 1. The molecule has 2 heterocycles. The molecule has 0 aliphatic rings. The largest absolute Gasteiger partial charge is 0.495 e. The van der Waals surface area contributed by atoms with Crippen LogP contribution in [-0.4, -0.2) is 109 Å². The van der Waals surface area contributed by atoms with Gasteiger partial charge >= 0.3 is 0 Å². The quantitative estimate of drug-likeness (QED) is 0.0154. The summed E-state index contributed by atoms with van der Waals surface area (Å²) in [6.07, 6.45) is -0.00122. The summed E-state index contributed by atoms with van der Waals surface area (Å²) in [7, 11) is -16.5. The number of hydrogen-bond acceptors (Lipinski definition) is 23. The number of hydrogen-bond donors (Lipinski definition) is 5. The van der Waals surface area contributed by atoms with Crippen molar-refractivity contribution >= 4 is 138 Å². The number of rotatable bonds is 25. The molecule has 0 fully saturated rings. The van der Waals surface area contributed by atoms with Crippen molar-refractivity contribution in [1.82, 2.24) is 9.38 Å². The van der Waals surface area contributed by atoms with E-state index in [1.807, 2.05) is 6.07 Å². The van der Waals surface area contributed by atoms with Crippen molar-refractivity contribution in [3.63, 3.8) is 0 Å². The summed E-state index contributed by atoms with van der Waals surface area (Å²) in [5.41, 5.74) is 3.77. The maximum Gasteiger partial charge on any atom is 0.298 e. The Labute approximate surface area is 489 Å². The zero-order valence-electron chi connectivity index (χ0n) is 44.4. The Bertz CT molecular complexity index is 4310. The number of ether oxygens (including phenoxy) is 2. The molecule has 0 saturated heterocycles. The lowest BCUT2D eigenvalue weighted by Crippen LogP contribution is -2.08. The van der Waals surface area contributed by atoms with Gasteiger partial charge in [-0.15, -0.1) is 44.0 Å². The molecule has 26 nitrogen and oxygen atoms in total. The zero-order chi connectivity index (χ0) is 60.6. The molecule has 7 rings (SSSR count). The summed E-state index contributed by atoms with van der Waals surface area (Å²) >= 11 is 8.48. The molecular formula is C50H50ClN11O15S6. The normalized spacial score (nSPS) is 12.7. The molecule has 5 N–H and O–H groups in total. The van der Waals surface area contributed by atoms with E-state index in [2.05, 4.69) is 45.9 Å². The van der Waals surface area contributed by atoms with Gasteiger partial charge in [-0.25, -0.2) is 4.98 Å². The van der Waals surface area contributed by atoms with Crippen LogP contribution in [0.3, 0.4) is 0 Å². The van der Waals surface area contributed by atoms with E-state index in [-0.39, 0.29) is 93.7 Å². The summed E-state index contributed by atoms with van der Waals surface area (Å²) in [6.45, 7) is 6.39. The third kappa shape index (κ3) is 17.1. The van der Waals surface area contributed by atoms with E-state index in [0.717, 1.165) is 17.6 Å². The van der Waals surface area contributed by atoms with Crippen molar-refractivity contribution < 1.29 is 66.5 Å². The number of nitriles is 1. The van der Waals surface area contributed by atoms with Crippen molar-refractivity contribution in [2.24, 2.45) is 40.9 Å². The molecule has 33 heteroatoms. The van der Waals surface area contributed by atoms with Gasteiger partial charge in [-0.1, -0.05) is 11.6 Å². The molecule has 0 amide bonds. The first-order chi connectivity index (χ1) is 39.0. The fraction of sp³-hybridized carbons (Fsp3) is 0.280. The lowest BCUT2D eigenvalue weighted by molar-refractivity contribution is 0.317. The van der Waals surface area contributed by atoms with Gasteiger partial charge < -0.3 is 14.6 Å². The minimum absolute atomic E-state index is 0.0199. The predicted octanol–water partition coefficient (Wildman–Crippen LogP) is 13.3. The second-order valence-electron chi connectivity index (χ2n) is 18.1. The number of pyridine rings is 1. The summed E-state index contributed by atoms with van der Waals surface area (Å²) in [5.74, 6) is -2.05. The number of thioether (sulfide) groups is 2. The molecule has 0 bridgehead atoms. The number of fused-ring (bicyclic) bond motifs is 3. The van der Waals surface area contributed by atoms with E-state index >= 15 is 0 Å². The second-order valence-corrected chi connectivity index (χ2v) is 26.9. The number of benzene rings is 5. The number of aromatic nitrogens is 2. The van der Waals surface area contributed by atoms with Crippen LogP contribution in [-0.2, 0) is 40.5 Å². The number of nitrogens with zero attached hydrogens (tertiary/aromatic N) is 11. The average Bonchev–Trinajstić information content (AvgIpc) is 2.03. The van der Waals surface area contributed by atoms with E-state index in [0.29, 0.717) is 59.9 Å². The maximum absolute atomic E-state index is 12.2. The molecule has 0 aliphatic carbocycles. The van der Waals surface area contributed by atoms with E-state index in [4.69, 9.17) is 21.1 Å². The van der Waals surface area contributed by atoms with Gasteiger partial charge in [-0.05, 0) is 136 Å². The van der Waals surface area contributed by atoms with Crippen LogP contribution in [0.2, 0.25) is 5.02 Å². The highest BCUT2D eigenvalue weighted by Crippen LogP contribution is 2.44. The first-order valence-corrected chi connectivity index (χ1v) is 32.9. The Balaban J connectivity index is 1.26. The van der Waals surface area contributed by atoms with Gasteiger partial charge in [0.05, 0.1) is 76.1 Å². The van der Waals surface area contributed by atoms with Gasteiger partial charge in [0.25, 0.3) is 40.5 Å². The Hall–Kier alpha value is -7.03. The fourth-order valence-electron chi connectivity index (χ4n) is 7.74. The van der Waals surface area contributed by atoms with Crippen LogP contribution < -0.4 is 9.47 Å². The third-order valence-electron chi connectivity index (χ3n) is 11.8. The number of halogens is 1. The summed E-state index contributed by atoms with van der Waals surface area (Å²) in [4.78, 5) is 4.78. The topological polar surface area (TPSA) is 396 Å². The molecule has 0 radical (unpaired) electrons. The number of imidazole rings is 1. The van der Waals surface area contributed by atoms with Gasteiger partial charge in [-0.3, -0.25) is 22.6 Å². The van der Waals surface area contributed by atoms with Crippen molar-refractivity contribution in [3.05, 3.63) is 106 Å². The number of aryl methyl sites for hydroxylation is 3. The summed E-state index contributed by atoms with van der Waals surface area (Å²) in [6, 6.07) is 20.7. The number of aromatic hydroxyl groups is 1. The van der Waals surface area contributed by atoms with Gasteiger partial charge in [0.1, 0.15) is 33.7 Å². The molecule has 0 spiro atoms. The molecule has 0 atom stereocenters. The highest BCUT2D eigenvalue weighted by Gasteiger charge is 2.25. The van der Waals surface area contributed by atoms with Crippen LogP contribution in [0, 0.1) is 39.0 Å². The Morgan fingerprint density at radius 2 is 1.10 bits per heavy atom. The second kappa shape index (κ2) is 26.7. The maximum atomic E-state index is 12.2. The average molecular weight is 1270 g/mol. The van der Waals surface area contributed by atoms with E-state index in [1.54, 1.807) is 69.3 Å². The predicted molar refractivity (Wildman–Crippen MR) is 312 cm³/mol. The van der Waals surface area contributed by atoms with E-state index < -0.39 is 68.5 Å². The van der Waals surface area contributed by atoms with Gasteiger partial charge in [0, 0.05) is 32.5 Å². The third-order valence-corrected chi connectivity index (χ3v) is 17.6. The first-order valence-electron chi connectivity index (χ1n) is 24.3. The summed E-state index contributed by atoms with van der Waals surface area (Å²) in [5, 5.41) is 58.2. The Kier molecular flexibility index (Phi) is 20.4. The highest BCUT2D eigenvalue weighted by molar-refractivity contribution is 7.99. The lowest BCUT2D eigenvalue weighted by Gasteiger charge is -2.12. The summed E-state index contributed by atoms with van der Waals surface area (Å²) < 4.78 is 144. The molecule has 438 valence electrons. The van der Waals surface area contributed by atoms with Crippen LogP contribution >= 0.6 is 35.1 Å². The standard InChI is InChI=1S/C50H50ClN11O15S6/c1-28-19-39(58-61-48-31(4)34(27-52)49-53-38-25-47(83(73,74)75)44(76-5)26-42(38)62(49)50(48)63)43(77-13-6-16-80(64,65)66)22-35(28)56-59-40-21-30(3)37(24-46(40)79-15-8-18-82(70,71)72)57-60-41-20-29(2)36(55-54-33-11-9-32(51)10-12-33)23-45(41)78-14-7-17-81(67,68)69/h9-12,19-26,63H,6-8,13-18H2,1-5H3,(H,64,65,66)(H,67,68,69)(H,70,71,72)(H,73,74,75). The molecule has 83 heavy (non-hydrogen) atoms. The van der Waals surface area contributed by atoms with Gasteiger partial charge in [0.2, 0.25) is 5.88 Å². The Morgan fingerprint density at radius 1 is 0.614 bits per heavy atom. The molecule has 0 aliphatic heterocycles. The minimum atomic E-state index is -4.80. The highest BCUT2D eigenvalue weighted by atomic mass is 35.5. The Morgan fingerprint density at radius 3 is 1.60 bits per heavy atom. The van der Waals surface area contributed by atoms with Crippen LogP contribution in [0.5, 0.6) is 17.4 Å². The minimum Gasteiger partial charge on any atom is -0.495 e. The first kappa shape index (κ1) is 63.5. The van der Waals surface area contributed by atoms with E-state index in [9.17, 15) is 62.3 Å². The fourth-order valence-corrected chi connectivity index (χ4v) is 12.3. The van der Waals surface area contributed by atoms with Gasteiger partial charge in [-0.2, -0.15) is 59.4 Å². The molecule has 7 aromatic rings. The van der Waals surface area contributed by atoms with Crippen molar-refractivity contribution in [2.45, 2.75) is 61.6 Å². The molecule has 2 aromatic heterocycles. The van der Waals surface area contributed by atoms with Crippen molar-refractivity contribution in [2.75, 3.05) is 42.5 Å². The molecule has 5 aromatic carbocycles. The number of azo groups is 4. The van der Waals surface area contributed by atoms with Crippen molar-refractivity contribution in [1.29, 1.82) is 5.26 Å². The van der Waals surface area contributed by atoms with Gasteiger partial charge in [0.15, 0.2) is 11.3 Å². The zero-order valence-corrected chi connectivity index (χ0v) is 50.0. The molecule has 0 saturated carbocycles. The van der Waals surface area contributed by atoms with Crippen LogP contribution in [0.15, 0.2) is 128 Å². The monoisotopic (exact) mass is 1270 g/mol. The molecule has 0 unspecified atom stereocenters. The van der Waals surface area contributed by atoms with E-state index in [1.165, 1.54) is 48.6 Å². The van der Waals surface area contributed by atoms with Crippen LogP contribution in [0.25, 0.3) is 16.7 Å². The van der Waals surface area contributed by atoms with Crippen molar-refractivity contribution in [3.8, 4) is 23.4 Å².